The molecular formula is C10H8ClFOS. The van der Waals surface area contributed by atoms with Gasteiger partial charge in [0.25, 0.3) is 0 Å². The summed E-state index contributed by atoms with van der Waals surface area (Å²) in [6.45, 7) is -0.0466. The average molecular weight is 231 g/mol. The summed E-state index contributed by atoms with van der Waals surface area (Å²) in [4.78, 5) is 0.769. The summed E-state index contributed by atoms with van der Waals surface area (Å²) in [5, 5.41) is 9.48. The number of aliphatic hydroxyl groups excluding tert-OH is 1. The fourth-order valence-electron chi connectivity index (χ4n) is 1.36. The SMILES string of the molecule is OCc1cc2c(F)cc(CCl)cc2s1. The molecule has 0 aliphatic carbocycles. The molecule has 0 aliphatic rings. The Bertz CT molecular complexity index is 466. The van der Waals surface area contributed by atoms with E-state index in [0.29, 0.717) is 11.3 Å². The molecule has 2 rings (SSSR count). The first kappa shape index (κ1) is 9.90. The second kappa shape index (κ2) is 3.85. The fraction of sp³-hybridized carbons (Fsp3) is 0.200. The Morgan fingerprint density at radius 1 is 1.36 bits per heavy atom. The summed E-state index contributed by atoms with van der Waals surface area (Å²) in [6, 6.07) is 4.96. The highest BCUT2D eigenvalue weighted by Crippen LogP contribution is 2.29. The van der Waals surface area contributed by atoms with Crippen LogP contribution in [-0.2, 0) is 12.5 Å². The number of hydrogen-bond donors (Lipinski definition) is 1. The van der Waals surface area contributed by atoms with Gasteiger partial charge in [0, 0.05) is 20.8 Å². The van der Waals surface area contributed by atoms with Crippen LogP contribution in [0.1, 0.15) is 10.4 Å². The highest BCUT2D eigenvalue weighted by atomic mass is 35.5. The Morgan fingerprint density at radius 3 is 2.79 bits per heavy atom. The van der Waals surface area contributed by atoms with E-state index in [4.69, 9.17) is 16.7 Å². The van der Waals surface area contributed by atoms with E-state index in [-0.39, 0.29) is 12.4 Å². The topological polar surface area (TPSA) is 20.2 Å². The molecule has 2 aromatic rings. The molecule has 0 atom stereocenters. The van der Waals surface area contributed by atoms with Gasteiger partial charge < -0.3 is 5.11 Å². The van der Waals surface area contributed by atoms with Crippen LogP contribution < -0.4 is 0 Å². The summed E-state index contributed by atoms with van der Waals surface area (Å²) in [6.07, 6.45) is 0. The van der Waals surface area contributed by atoms with Crippen molar-refractivity contribution in [3.8, 4) is 0 Å². The van der Waals surface area contributed by atoms with E-state index in [1.807, 2.05) is 6.07 Å². The second-order valence-corrected chi connectivity index (χ2v) is 4.43. The number of rotatable bonds is 2. The van der Waals surface area contributed by atoms with Crippen molar-refractivity contribution in [2.24, 2.45) is 0 Å². The predicted molar refractivity (Wildman–Crippen MR) is 57.3 cm³/mol. The maximum atomic E-state index is 13.4. The molecule has 4 heteroatoms. The lowest BCUT2D eigenvalue weighted by molar-refractivity contribution is 0.285. The Morgan fingerprint density at radius 2 is 2.14 bits per heavy atom. The average Bonchev–Trinajstić information content (AvgIpc) is 2.61. The van der Waals surface area contributed by atoms with Gasteiger partial charge >= 0.3 is 0 Å². The van der Waals surface area contributed by atoms with E-state index in [0.717, 1.165) is 15.1 Å². The zero-order valence-corrected chi connectivity index (χ0v) is 8.83. The first-order valence-corrected chi connectivity index (χ1v) is 5.47. The molecule has 1 nitrogen and oxygen atoms in total. The number of halogens is 2. The van der Waals surface area contributed by atoms with Crippen molar-refractivity contribution in [1.29, 1.82) is 0 Å². The number of benzene rings is 1. The quantitative estimate of drug-likeness (QED) is 0.786. The van der Waals surface area contributed by atoms with Crippen molar-refractivity contribution in [2.45, 2.75) is 12.5 Å². The predicted octanol–water partition coefficient (Wildman–Crippen LogP) is 3.27. The summed E-state index contributed by atoms with van der Waals surface area (Å²) >= 11 is 7.02. The smallest absolute Gasteiger partial charge is 0.132 e. The van der Waals surface area contributed by atoms with Gasteiger partial charge in [0.15, 0.2) is 0 Å². The van der Waals surface area contributed by atoms with Crippen LogP contribution in [0.5, 0.6) is 0 Å². The number of alkyl halides is 1. The summed E-state index contributed by atoms with van der Waals surface area (Å²) in [7, 11) is 0. The van der Waals surface area contributed by atoms with Crippen molar-refractivity contribution in [1.82, 2.24) is 0 Å². The maximum Gasteiger partial charge on any atom is 0.132 e. The van der Waals surface area contributed by atoms with Gasteiger partial charge in [-0.25, -0.2) is 4.39 Å². The first-order valence-electron chi connectivity index (χ1n) is 4.12. The summed E-state index contributed by atoms with van der Waals surface area (Å²) in [5.41, 5.74) is 0.767. The largest absolute Gasteiger partial charge is 0.391 e. The molecule has 1 heterocycles. The molecule has 0 amide bonds. The Labute approximate surface area is 89.7 Å². The van der Waals surface area contributed by atoms with E-state index in [1.165, 1.54) is 17.4 Å². The summed E-state index contributed by atoms with van der Waals surface area (Å²) in [5.74, 6) is 0.0354. The zero-order valence-electron chi connectivity index (χ0n) is 7.26. The van der Waals surface area contributed by atoms with Crippen LogP contribution in [0, 0.1) is 5.82 Å². The standard InChI is InChI=1S/C10H8ClFOS/c11-4-6-1-9(12)8-3-7(5-13)14-10(8)2-6/h1-3,13H,4-5H2. The normalized spacial score (nSPS) is 11.1. The third kappa shape index (κ3) is 1.63. The van der Waals surface area contributed by atoms with Gasteiger partial charge in [-0.1, -0.05) is 0 Å². The zero-order chi connectivity index (χ0) is 10.1. The lowest BCUT2D eigenvalue weighted by atomic mass is 10.2. The van der Waals surface area contributed by atoms with Crippen molar-refractivity contribution >= 4 is 33.0 Å². The maximum absolute atomic E-state index is 13.4. The van der Waals surface area contributed by atoms with Crippen molar-refractivity contribution in [3.05, 3.63) is 34.5 Å². The Hall–Kier alpha value is -0.640. The number of hydrogen-bond acceptors (Lipinski definition) is 2. The molecule has 0 bridgehead atoms. The Balaban J connectivity index is 2.67. The number of fused-ring (bicyclic) bond motifs is 1. The molecule has 0 saturated carbocycles. The van der Waals surface area contributed by atoms with Crippen LogP contribution in [0.2, 0.25) is 0 Å². The van der Waals surface area contributed by atoms with Gasteiger partial charge in [0.2, 0.25) is 0 Å². The van der Waals surface area contributed by atoms with Gasteiger partial charge in [0.05, 0.1) is 6.61 Å². The van der Waals surface area contributed by atoms with Crippen molar-refractivity contribution in [3.63, 3.8) is 0 Å². The van der Waals surface area contributed by atoms with Crippen LogP contribution in [-0.4, -0.2) is 5.11 Å². The number of thiophene rings is 1. The first-order chi connectivity index (χ1) is 6.74. The molecule has 74 valence electrons. The van der Waals surface area contributed by atoms with Crippen LogP contribution in [0.4, 0.5) is 4.39 Å². The highest BCUT2D eigenvalue weighted by Gasteiger charge is 2.07. The fourth-order valence-corrected chi connectivity index (χ4v) is 2.51. The molecule has 0 fully saturated rings. The minimum Gasteiger partial charge on any atom is -0.391 e. The third-order valence-corrected chi connectivity index (χ3v) is 3.38. The minimum atomic E-state index is -0.269. The van der Waals surface area contributed by atoms with Crippen LogP contribution >= 0.6 is 22.9 Å². The molecule has 1 aromatic heterocycles. The number of aliphatic hydroxyl groups is 1. The third-order valence-electron chi connectivity index (χ3n) is 2.01. The lowest BCUT2D eigenvalue weighted by Crippen LogP contribution is -1.80. The Kier molecular flexibility index (Phi) is 2.72. The van der Waals surface area contributed by atoms with E-state index in [1.54, 1.807) is 6.07 Å². The van der Waals surface area contributed by atoms with Gasteiger partial charge in [0.1, 0.15) is 5.82 Å². The van der Waals surface area contributed by atoms with Crippen molar-refractivity contribution < 1.29 is 9.50 Å². The van der Waals surface area contributed by atoms with E-state index < -0.39 is 0 Å². The molecular weight excluding hydrogens is 223 g/mol. The molecule has 1 aromatic carbocycles. The van der Waals surface area contributed by atoms with Crippen molar-refractivity contribution in [2.75, 3.05) is 0 Å². The van der Waals surface area contributed by atoms with Crippen LogP contribution in [0.3, 0.4) is 0 Å². The van der Waals surface area contributed by atoms with E-state index in [9.17, 15) is 4.39 Å². The molecule has 0 unspecified atom stereocenters. The molecule has 1 N–H and O–H groups in total. The molecule has 0 saturated heterocycles. The molecule has 14 heavy (non-hydrogen) atoms. The van der Waals surface area contributed by atoms with Gasteiger partial charge in [-0.3, -0.25) is 0 Å². The monoisotopic (exact) mass is 230 g/mol. The molecule has 0 spiro atoms. The van der Waals surface area contributed by atoms with Crippen LogP contribution in [0.25, 0.3) is 10.1 Å². The molecule has 0 aliphatic heterocycles. The van der Waals surface area contributed by atoms with E-state index in [2.05, 4.69) is 0 Å². The molecule has 0 radical (unpaired) electrons. The second-order valence-electron chi connectivity index (χ2n) is 2.99. The van der Waals surface area contributed by atoms with Gasteiger partial charge in [-0.15, -0.1) is 22.9 Å². The van der Waals surface area contributed by atoms with Gasteiger partial charge in [-0.2, -0.15) is 0 Å². The summed E-state index contributed by atoms with van der Waals surface area (Å²) < 4.78 is 14.3. The van der Waals surface area contributed by atoms with Crippen LogP contribution in [0.15, 0.2) is 18.2 Å². The van der Waals surface area contributed by atoms with E-state index >= 15 is 0 Å². The highest BCUT2D eigenvalue weighted by molar-refractivity contribution is 7.19. The minimum absolute atomic E-state index is 0.0466. The van der Waals surface area contributed by atoms with Gasteiger partial charge in [-0.05, 0) is 23.8 Å². The lowest BCUT2D eigenvalue weighted by Gasteiger charge is -1.96.